The van der Waals surface area contributed by atoms with Gasteiger partial charge >= 0.3 is 0 Å². The predicted molar refractivity (Wildman–Crippen MR) is 101 cm³/mol. The molecule has 0 aromatic heterocycles. The van der Waals surface area contributed by atoms with Crippen molar-refractivity contribution in [2.45, 2.75) is 13.1 Å². The molecular formula is C14H22N2O2Si4. The van der Waals surface area contributed by atoms with E-state index in [0.29, 0.717) is 0 Å². The zero-order chi connectivity index (χ0) is 15.8. The molecule has 0 amide bonds. The second-order valence-corrected chi connectivity index (χ2v) is 18.6. The van der Waals surface area contributed by atoms with Gasteiger partial charge in [-0.25, -0.2) is 0 Å². The van der Waals surface area contributed by atoms with Crippen molar-refractivity contribution in [3.8, 4) is 0 Å². The first-order valence-corrected chi connectivity index (χ1v) is 14.8. The Labute approximate surface area is 138 Å². The lowest BCUT2D eigenvalue weighted by Crippen LogP contribution is -2.99. The largest absolute Gasteiger partial charge is 0.425 e. The molecule has 1 saturated heterocycles. The third kappa shape index (κ3) is 2.07. The molecule has 0 bridgehead atoms. The van der Waals surface area contributed by atoms with E-state index in [2.05, 4.69) is 69.4 Å². The molecular weight excluding hydrogens is 341 g/mol. The molecule has 22 heavy (non-hydrogen) atoms. The second kappa shape index (κ2) is 5.98. The summed E-state index contributed by atoms with van der Waals surface area (Å²) >= 11 is 0. The highest BCUT2D eigenvalue weighted by Gasteiger charge is 2.66. The van der Waals surface area contributed by atoms with E-state index in [1.54, 1.807) is 0 Å². The van der Waals surface area contributed by atoms with Crippen LogP contribution >= 0.6 is 0 Å². The van der Waals surface area contributed by atoms with Gasteiger partial charge < -0.3 is 17.4 Å². The highest BCUT2D eigenvalue weighted by Crippen LogP contribution is 2.35. The Balaban J connectivity index is 2.09. The van der Waals surface area contributed by atoms with E-state index < -0.39 is 36.6 Å². The van der Waals surface area contributed by atoms with Gasteiger partial charge in [0.2, 0.25) is 36.6 Å². The summed E-state index contributed by atoms with van der Waals surface area (Å²) in [5.41, 5.74) is 0. The molecule has 116 valence electrons. The second-order valence-electron chi connectivity index (χ2n) is 5.91. The molecule has 0 radical (unpaired) electrons. The monoisotopic (exact) mass is 362 g/mol. The maximum absolute atomic E-state index is 10.2. The molecule has 4 nitrogen and oxygen atoms in total. The van der Waals surface area contributed by atoms with Crippen LogP contribution < -0.4 is 10.4 Å². The fraction of sp³-hybridized carbons (Fsp3) is 0.143. The summed E-state index contributed by atoms with van der Waals surface area (Å²) in [4.78, 5) is 20.5. The average molecular weight is 363 g/mol. The minimum atomic E-state index is -2.10. The average Bonchev–Trinajstić information content (AvgIpc) is 2.57. The van der Waals surface area contributed by atoms with Crippen LogP contribution in [0.4, 0.5) is 0 Å². The maximum Gasteiger partial charge on any atom is 0.224 e. The van der Waals surface area contributed by atoms with Crippen LogP contribution in [0, 0.1) is 0 Å². The van der Waals surface area contributed by atoms with Crippen molar-refractivity contribution in [1.82, 2.24) is 7.79 Å². The standard InChI is InChI=1S/C14H22N2O2Si4/c1-21(13-9-5-3-6-10-13)15(19-17)22(2,16(21)20-18)14-11-7-4-8-12-14/h3-12,17-18H,19-20H2,1-2H3. The van der Waals surface area contributed by atoms with E-state index in [1.165, 1.54) is 10.4 Å². The Morgan fingerprint density at radius 3 is 1.27 bits per heavy atom. The molecule has 0 atom stereocenters. The van der Waals surface area contributed by atoms with Gasteiger partial charge in [0.05, 0.1) is 0 Å². The molecule has 2 aromatic carbocycles. The summed E-state index contributed by atoms with van der Waals surface area (Å²) in [6.07, 6.45) is 0. The number of benzene rings is 2. The quantitative estimate of drug-likeness (QED) is 0.653. The topological polar surface area (TPSA) is 46.9 Å². The number of rotatable bonds is 4. The van der Waals surface area contributed by atoms with Crippen molar-refractivity contribution in [3.05, 3.63) is 60.7 Å². The summed E-state index contributed by atoms with van der Waals surface area (Å²) in [5.74, 6) is 0. The van der Waals surface area contributed by atoms with Gasteiger partial charge in [-0.05, 0) is 23.5 Å². The molecule has 0 aliphatic carbocycles. The molecule has 2 N–H and O–H groups in total. The molecule has 1 heterocycles. The first-order chi connectivity index (χ1) is 10.6. The van der Waals surface area contributed by atoms with E-state index in [0.717, 1.165) is 0 Å². The van der Waals surface area contributed by atoms with Crippen LogP contribution in [-0.4, -0.2) is 54.0 Å². The van der Waals surface area contributed by atoms with Crippen molar-refractivity contribution in [2.24, 2.45) is 0 Å². The van der Waals surface area contributed by atoms with Gasteiger partial charge in [0.15, 0.2) is 0 Å². The number of nitrogens with zero attached hydrogens (tertiary/aromatic N) is 2. The molecule has 0 saturated carbocycles. The van der Waals surface area contributed by atoms with Crippen LogP contribution in [0.25, 0.3) is 0 Å². The van der Waals surface area contributed by atoms with E-state index in [9.17, 15) is 9.59 Å². The van der Waals surface area contributed by atoms with Gasteiger partial charge in [0.1, 0.15) is 0 Å². The van der Waals surface area contributed by atoms with Gasteiger partial charge in [-0.1, -0.05) is 60.7 Å². The highest BCUT2D eigenvalue weighted by molar-refractivity contribution is 7.21. The van der Waals surface area contributed by atoms with Gasteiger partial charge in [0.25, 0.3) is 0 Å². The molecule has 0 spiro atoms. The fourth-order valence-electron chi connectivity index (χ4n) is 3.78. The Bertz CT molecular complexity index is 578. The van der Waals surface area contributed by atoms with E-state index in [4.69, 9.17) is 0 Å². The number of hydrogen-bond acceptors (Lipinski definition) is 4. The first-order valence-electron chi connectivity index (χ1n) is 7.48. The van der Waals surface area contributed by atoms with Crippen LogP contribution in [0.1, 0.15) is 0 Å². The highest BCUT2D eigenvalue weighted by atomic mass is 28.5. The molecule has 1 aliphatic heterocycles. The molecule has 3 rings (SSSR count). The zero-order valence-corrected chi connectivity index (χ0v) is 17.8. The normalized spacial score (nSPS) is 30.4. The van der Waals surface area contributed by atoms with Crippen molar-refractivity contribution in [3.63, 3.8) is 0 Å². The summed E-state index contributed by atoms with van der Waals surface area (Å²) in [7, 11) is -6.77. The molecule has 1 fully saturated rings. The summed E-state index contributed by atoms with van der Waals surface area (Å²) in [5, 5.41) is 2.58. The summed E-state index contributed by atoms with van der Waals surface area (Å²) in [6.45, 7) is 4.54. The lowest BCUT2D eigenvalue weighted by atomic mass is 10.4. The van der Waals surface area contributed by atoms with E-state index >= 15 is 0 Å². The van der Waals surface area contributed by atoms with Gasteiger partial charge in [-0.2, -0.15) is 0 Å². The fourth-order valence-corrected chi connectivity index (χ4v) is 27.9. The van der Waals surface area contributed by atoms with Crippen LogP contribution in [0.15, 0.2) is 60.7 Å². The van der Waals surface area contributed by atoms with E-state index in [-0.39, 0.29) is 0 Å². The Morgan fingerprint density at radius 2 is 1.00 bits per heavy atom. The van der Waals surface area contributed by atoms with Crippen LogP contribution in [-0.2, 0) is 0 Å². The van der Waals surface area contributed by atoms with Crippen molar-refractivity contribution >= 4 is 47.0 Å². The molecule has 1 aliphatic rings. The Morgan fingerprint density at radius 1 is 0.682 bits per heavy atom. The Kier molecular flexibility index (Phi) is 4.35. The van der Waals surface area contributed by atoms with Crippen LogP contribution in [0.5, 0.6) is 0 Å². The minimum Gasteiger partial charge on any atom is -0.425 e. The van der Waals surface area contributed by atoms with Crippen molar-refractivity contribution in [1.29, 1.82) is 0 Å². The number of hydrogen-bond donors (Lipinski definition) is 2. The SMILES string of the molecule is C[Si]1(c2ccccc2)N([SiH2]O)[Si](C)(c2ccccc2)N1[SiH2]O. The van der Waals surface area contributed by atoms with Crippen molar-refractivity contribution < 1.29 is 9.59 Å². The lowest BCUT2D eigenvalue weighted by molar-refractivity contribution is 0.497. The Hall–Kier alpha value is -0.852. The van der Waals surface area contributed by atoms with Crippen LogP contribution in [0.2, 0.25) is 13.1 Å². The van der Waals surface area contributed by atoms with Crippen LogP contribution in [0.3, 0.4) is 0 Å². The van der Waals surface area contributed by atoms with E-state index in [1.807, 2.05) is 12.1 Å². The first kappa shape index (κ1) is 16.0. The smallest absolute Gasteiger partial charge is 0.224 e. The zero-order valence-electron chi connectivity index (χ0n) is 13.0. The van der Waals surface area contributed by atoms with Gasteiger partial charge in [-0.15, -0.1) is 0 Å². The third-order valence-electron chi connectivity index (χ3n) is 5.03. The summed E-state index contributed by atoms with van der Waals surface area (Å²) < 4.78 is 4.90. The van der Waals surface area contributed by atoms with Gasteiger partial charge in [0, 0.05) is 0 Å². The maximum atomic E-state index is 10.2. The molecule has 0 unspecified atom stereocenters. The van der Waals surface area contributed by atoms with Crippen molar-refractivity contribution in [2.75, 3.05) is 0 Å². The minimum absolute atomic E-state index is 1.29. The molecule has 2 aromatic rings. The predicted octanol–water partition coefficient (Wildman–Crippen LogP) is -1.46. The lowest BCUT2D eigenvalue weighted by Gasteiger charge is -2.68. The third-order valence-corrected chi connectivity index (χ3v) is 27.0. The summed E-state index contributed by atoms with van der Waals surface area (Å²) in [6, 6.07) is 20.9. The molecule has 8 heteroatoms. The van der Waals surface area contributed by atoms with Gasteiger partial charge in [-0.3, -0.25) is 0 Å².